The van der Waals surface area contributed by atoms with Gasteiger partial charge in [-0.2, -0.15) is 0 Å². The lowest BCUT2D eigenvalue weighted by atomic mass is 10.1. The van der Waals surface area contributed by atoms with E-state index in [1.54, 1.807) is 0 Å². The fourth-order valence-electron chi connectivity index (χ4n) is 5.56. The molecular formula is C25H30F2N10O8P2S2+2. The van der Waals surface area contributed by atoms with Gasteiger partial charge in [-0.05, 0) is 15.6 Å². The molecule has 0 bridgehead atoms. The molecule has 0 amide bonds. The number of imidazole rings is 2. The van der Waals surface area contributed by atoms with Crippen molar-refractivity contribution >= 4 is 72.9 Å². The van der Waals surface area contributed by atoms with Crippen LogP contribution >= 0.6 is 39.0 Å². The number of ether oxygens (including phenoxy) is 2. The smallest absolute Gasteiger partial charge is 0.394 e. The highest BCUT2D eigenvalue weighted by molar-refractivity contribution is 8.39. The number of fused-ring (bicyclic) bond motifs is 2. The number of halogens is 2. The third-order valence-electron chi connectivity index (χ3n) is 7.74. The third-order valence-corrected chi connectivity index (χ3v) is 9.15. The van der Waals surface area contributed by atoms with Gasteiger partial charge in [0.05, 0.1) is 25.9 Å². The fourth-order valence-corrected chi connectivity index (χ4v) is 7.13. The minimum Gasteiger partial charge on any atom is -0.394 e. The number of aliphatic hydroxyl groups is 2. The van der Waals surface area contributed by atoms with Gasteiger partial charge in [0, 0.05) is 13.1 Å². The minimum absolute atomic E-state index is 0.280. The van der Waals surface area contributed by atoms with Crippen molar-refractivity contribution in [3.8, 4) is 0 Å². The summed E-state index contributed by atoms with van der Waals surface area (Å²) in [4.78, 5) is 25.5. The molecule has 4 aromatic heterocycles. The van der Waals surface area contributed by atoms with Crippen LogP contribution < -0.4 is 10.6 Å². The Morgan fingerprint density at radius 3 is 1.76 bits per heavy atom. The van der Waals surface area contributed by atoms with Crippen LogP contribution in [0.15, 0.2) is 37.5 Å². The fraction of sp³-hybridized carbons (Fsp3) is 0.520. The molecule has 18 nitrogen and oxygen atoms in total. The number of alkyl halides is 2. The third kappa shape index (κ3) is 7.53. The minimum atomic E-state index is -2.43. The van der Waals surface area contributed by atoms with Crippen molar-refractivity contribution in [2.45, 2.75) is 55.6 Å². The van der Waals surface area contributed by atoms with Gasteiger partial charge in [-0.15, -0.1) is 9.05 Å². The Kier molecular flexibility index (Phi) is 11.6. The van der Waals surface area contributed by atoms with E-state index >= 15 is 8.78 Å². The van der Waals surface area contributed by atoms with E-state index in [9.17, 15) is 19.3 Å². The quantitative estimate of drug-likeness (QED) is 0.0444. The van der Waals surface area contributed by atoms with Crippen LogP contribution in [0.4, 0.5) is 20.4 Å². The highest BCUT2D eigenvalue weighted by atomic mass is 32.7. The first-order valence-electron chi connectivity index (χ1n) is 14.7. The van der Waals surface area contributed by atoms with E-state index in [-0.39, 0.29) is 11.3 Å². The Morgan fingerprint density at radius 2 is 1.29 bits per heavy atom. The van der Waals surface area contributed by atoms with Crippen molar-refractivity contribution in [3.63, 3.8) is 0 Å². The van der Waals surface area contributed by atoms with Crippen LogP contribution in [0.5, 0.6) is 0 Å². The Labute approximate surface area is 288 Å². The van der Waals surface area contributed by atoms with Crippen molar-refractivity contribution in [3.05, 3.63) is 37.5 Å². The van der Waals surface area contributed by atoms with E-state index in [2.05, 4.69) is 65.0 Å². The number of hydrogen-bond donors (Lipinski definition) is 6. The number of rotatable bonds is 15. The maximum Gasteiger partial charge on any atom is 0.582 e. The predicted molar refractivity (Wildman–Crippen MR) is 176 cm³/mol. The van der Waals surface area contributed by atoms with Gasteiger partial charge in [-0.25, -0.2) is 38.7 Å². The van der Waals surface area contributed by atoms with Crippen LogP contribution in [0.25, 0.3) is 22.3 Å². The van der Waals surface area contributed by atoms with E-state index in [4.69, 9.17) is 18.5 Å². The lowest BCUT2D eigenvalue weighted by molar-refractivity contribution is -0.0427. The lowest BCUT2D eigenvalue weighted by Crippen LogP contribution is -2.31. The number of hydrogen-bond acceptors (Lipinski definition) is 16. The maximum absolute atomic E-state index is 15.2. The summed E-state index contributed by atoms with van der Waals surface area (Å²) in [5.41, 5.74) is 1.30. The van der Waals surface area contributed by atoms with Gasteiger partial charge in [-0.3, -0.25) is 9.13 Å². The molecule has 4 aromatic rings. The number of anilines is 2. The second kappa shape index (κ2) is 15.9. The number of nitrogens with one attached hydrogen (secondary N) is 2. The molecule has 2 aliphatic heterocycles. The number of aromatic nitrogens is 8. The van der Waals surface area contributed by atoms with Crippen molar-refractivity contribution in [2.24, 2.45) is 0 Å². The molecule has 0 radical (unpaired) electrons. The van der Waals surface area contributed by atoms with Crippen LogP contribution in [0.1, 0.15) is 18.9 Å². The molecule has 0 saturated carbocycles. The SMILES string of the molecule is O=[P+](S)OC1C(CO)O[C@@H](n2cnc3c(NC/C=C/CCNc4ncnc5c4ncn5[C@@H]4OC(CO)[C@@H](O[P+](=O)S)[C@H]4F)ncnc32)[C@@H]1F. The van der Waals surface area contributed by atoms with E-state index in [0.717, 1.165) is 0 Å². The highest BCUT2D eigenvalue weighted by Crippen LogP contribution is 2.42. The second-order valence-corrected chi connectivity index (χ2v) is 14.0. The topological polar surface area (TPSA) is 223 Å². The van der Waals surface area contributed by atoms with Crippen molar-refractivity contribution in [1.29, 1.82) is 0 Å². The summed E-state index contributed by atoms with van der Waals surface area (Å²) >= 11 is 7.35. The molecule has 24 heteroatoms. The second-order valence-electron chi connectivity index (χ2n) is 10.7. The van der Waals surface area contributed by atoms with Crippen LogP contribution in [-0.2, 0) is 27.7 Å². The van der Waals surface area contributed by atoms with Gasteiger partial charge in [0.15, 0.2) is 71.0 Å². The van der Waals surface area contributed by atoms with Gasteiger partial charge in [0.1, 0.15) is 49.4 Å². The molecular weight excluding hydrogens is 732 g/mol. The van der Waals surface area contributed by atoms with Crippen molar-refractivity contribution in [2.75, 3.05) is 36.9 Å². The Morgan fingerprint density at radius 1 is 0.796 bits per heavy atom. The molecule has 262 valence electrons. The average Bonchev–Trinajstić information content (AvgIpc) is 3.85. The summed E-state index contributed by atoms with van der Waals surface area (Å²) in [5, 5.41) is 25.5. The largest absolute Gasteiger partial charge is 0.582 e. The molecule has 10 atom stereocenters. The standard InChI is InChI=1S/C25H28F2N10O8P2S2/c26-14-18(44-46(40)48)12(6-38)42-24(14)36-10-34-16-20(30-8-32-22(16)36)28-4-2-1-3-5-29-21-17-23(33-9-31-21)37(11-35-17)25-15(27)19(45-47(41)49)13(7-39)43-25/h1-2,8-15,18-19,24-25,38-39H,3-7H2,(H2-2,28,29,30,31,32,33,40,41,48,49)/p+2/b2-1+/t12?,13?,14-,15-,18?,19-,24-,25-/m1/s1. The Hall–Kier alpha value is -3.04. The van der Waals surface area contributed by atoms with E-state index < -0.39 is 76.9 Å². The van der Waals surface area contributed by atoms with E-state index in [1.165, 1.54) is 34.4 Å². The molecule has 6 rings (SSSR count). The number of nitrogens with zero attached hydrogens (tertiary/aromatic N) is 8. The summed E-state index contributed by atoms with van der Waals surface area (Å²) in [6, 6.07) is 0. The zero-order chi connectivity index (χ0) is 34.7. The van der Waals surface area contributed by atoms with E-state index in [1.807, 2.05) is 12.2 Å². The van der Waals surface area contributed by atoms with Crippen molar-refractivity contribution in [1.82, 2.24) is 39.0 Å². The van der Waals surface area contributed by atoms with Gasteiger partial charge in [0.25, 0.3) is 0 Å². The maximum atomic E-state index is 15.2. The normalized spacial score (nSPS) is 27.8. The Balaban J connectivity index is 1.03. The molecule has 0 aromatic carbocycles. The molecule has 4 N–H and O–H groups in total. The summed E-state index contributed by atoms with van der Waals surface area (Å²) < 4.78 is 77.4. The molecule has 5 unspecified atom stereocenters. The lowest BCUT2D eigenvalue weighted by Gasteiger charge is -2.15. The van der Waals surface area contributed by atoms with Crippen LogP contribution in [0, 0.1) is 0 Å². The summed E-state index contributed by atoms with van der Waals surface area (Å²) in [6.07, 6.45) is -1.06. The van der Waals surface area contributed by atoms with E-state index in [0.29, 0.717) is 42.2 Å². The molecule has 49 heavy (non-hydrogen) atoms. The molecule has 2 fully saturated rings. The van der Waals surface area contributed by atoms with Gasteiger partial charge in [-0.1, -0.05) is 12.2 Å². The van der Waals surface area contributed by atoms with Gasteiger partial charge < -0.3 is 30.3 Å². The van der Waals surface area contributed by atoms with Crippen molar-refractivity contribution < 1.29 is 46.6 Å². The van der Waals surface area contributed by atoms with Gasteiger partial charge in [0.2, 0.25) is 0 Å². The van der Waals surface area contributed by atoms with Crippen LogP contribution in [0.2, 0.25) is 0 Å². The predicted octanol–water partition coefficient (Wildman–Crippen LogP) is 2.84. The number of aliphatic hydroxyl groups excluding tert-OH is 2. The first kappa shape index (κ1) is 35.8. The molecule has 0 aliphatic carbocycles. The Bertz CT molecular complexity index is 1840. The average molecular weight is 763 g/mol. The molecule has 6 heterocycles. The van der Waals surface area contributed by atoms with Crippen LogP contribution in [-0.4, -0.2) is 112 Å². The number of thiol groups is 2. The first-order valence-corrected chi connectivity index (χ1v) is 19.3. The summed E-state index contributed by atoms with van der Waals surface area (Å²) in [6.45, 7) is -0.261. The first-order chi connectivity index (χ1) is 23.7. The van der Waals surface area contributed by atoms with Gasteiger partial charge >= 0.3 is 14.5 Å². The molecule has 2 saturated heterocycles. The zero-order valence-corrected chi connectivity index (χ0v) is 28.7. The zero-order valence-electron chi connectivity index (χ0n) is 25.1. The van der Waals surface area contributed by atoms with Crippen LogP contribution in [0.3, 0.4) is 0 Å². The highest BCUT2D eigenvalue weighted by Gasteiger charge is 2.52. The summed E-state index contributed by atoms with van der Waals surface area (Å²) in [5.74, 6) is 0.810. The molecule has 0 spiro atoms. The monoisotopic (exact) mass is 762 g/mol. The summed E-state index contributed by atoms with van der Waals surface area (Å²) in [7, 11) is -4.85. The molecule has 2 aliphatic rings.